The van der Waals surface area contributed by atoms with E-state index in [1.165, 1.54) is 0 Å². The first-order valence-corrected chi connectivity index (χ1v) is 9.20. The van der Waals surface area contributed by atoms with Crippen LogP contribution < -0.4 is 15.4 Å². The zero-order valence-corrected chi connectivity index (χ0v) is 16.3. The fraction of sp³-hybridized carbons (Fsp3) is 0.273. The molecule has 6 heteroatoms. The molecule has 2 aromatic carbocycles. The van der Waals surface area contributed by atoms with Gasteiger partial charge in [-0.2, -0.15) is 0 Å². The van der Waals surface area contributed by atoms with Crippen LogP contribution in [0.15, 0.2) is 54.7 Å². The first-order valence-electron chi connectivity index (χ1n) is 9.20. The fourth-order valence-electron chi connectivity index (χ4n) is 2.96. The number of hydrogen-bond donors (Lipinski definition) is 3. The quantitative estimate of drug-likeness (QED) is 0.550. The lowest BCUT2D eigenvalue weighted by Crippen LogP contribution is -2.45. The van der Waals surface area contributed by atoms with E-state index in [1.54, 1.807) is 45.2 Å². The van der Waals surface area contributed by atoms with Gasteiger partial charge < -0.3 is 20.4 Å². The molecule has 1 aromatic heterocycles. The van der Waals surface area contributed by atoms with Crippen LogP contribution in [0.4, 0.5) is 5.69 Å². The maximum Gasteiger partial charge on any atom is 0.239 e. The molecule has 0 atom stereocenters. The average Bonchev–Trinajstić information content (AvgIpc) is 3.11. The number of H-pyrrole nitrogens is 1. The summed E-state index contributed by atoms with van der Waals surface area (Å²) >= 11 is 0. The van der Waals surface area contributed by atoms with Crippen molar-refractivity contribution in [1.29, 1.82) is 0 Å². The molecule has 3 aromatic rings. The van der Waals surface area contributed by atoms with Crippen LogP contribution in [0.25, 0.3) is 10.9 Å². The van der Waals surface area contributed by atoms with Gasteiger partial charge in [-0.1, -0.05) is 24.3 Å². The summed E-state index contributed by atoms with van der Waals surface area (Å²) in [5.74, 6) is -0.0446. The summed E-state index contributed by atoms with van der Waals surface area (Å²) in [6.07, 6.45) is 2.64. The van der Waals surface area contributed by atoms with Crippen LogP contribution in [0.5, 0.6) is 5.75 Å². The van der Waals surface area contributed by atoms with Crippen molar-refractivity contribution in [2.45, 2.75) is 20.3 Å². The Hall–Kier alpha value is -3.28. The Kier molecular flexibility index (Phi) is 5.68. The molecule has 28 heavy (non-hydrogen) atoms. The van der Waals surface area contributed by atoms with Crippen molar-refractivity contribution in [2.24, 2.45) is 5.41 Å². The molecule has 2 amide bonds. The van der Waals surface area contributed by atoms with Gasteiger partial charge in [-0.15, -0.1) is 0 Å². The number of nitrogens with one attached hydrogen (secondary N) is 3. The molecule has 0 aliphatic rings. The molecule has 1 heterocycles. The SMILES string of the molecule is COc1cccc(NC(=O)C(C)(C)C(=O)NCCc2c[nH]c3ccccc23)c1. The molecule has 146 valence electrons. The highest BCUT2D eigenvalue weighted by Crippen LogP contribution is 2.22. The Balaban J connectivity index is 1.58. The zero-order valence-electron chi connectivity index (χ0n) is 16.3. The van der Waals surface area contributed by atoms with E-state index in [-0.39, 0.29) is 11.8 Å². The summed E-state index contributed by atoms with van der Waals surface area (Å²) < 4.78 is 5.16. The highest BCUT2D eigenvalue weighted by Gasteiger charge is 2.35. The van der Waals surface area contributed by atoms with Crippen LogP contribution in [0, 0.1) is 5.41 Å². The van der Waals surface area contributed by atoms with Crippen molar-refractivity contribution in [2.75, 3.05) is 19.0 Å². The second-order valence-electron chi connectivity index (χ2n) is 7.18. The van der Waals surface area contributed by atoms with Gasteiger partial charge in [0.2, 0.25) is 11.8 Å². The van der Waals surface area contributed by atoms with Gasteiger partial charge in [0.15, 0.2) is 0 Å². The van der Waals surface area contributed by atoms with Crippen molar-refractivity contribution in [3.05, 3.63) is 60.3 Å². The maximum atomic E-state index is 12.6. The Morgan fingerprint density at radius 3 is 2.64 bits per heavy atom. The Labute approximate surface area is 164 Å². The van der Waals surface area contributed by atoms with E-state index in [2.05, 4.69) is 21.7 Å². The lowest BCUT2D eigenvalue weighted by molar-refractivity contribution is -0.138. The van der Waals surface area contributed by atoms with E-state index < -0.39 is 5.41 Å². The third-order valence-electron chi connectivity index (χ3n) is 4.82. The minimum atomic E-state index is -1.21. The van der Waals surface area contributed by atoms with Crippen LogP contribution in [0.2, 0.25) is 0 Å². The summed E-state index contributed by atoms with van der Waals surface area (Å²) in [7, 11) is 1.56. The maximum absolute atomic E-state index is 12.6. The van der Waals surface area contributed by atoms with Crippen LogP contribution in [-0.2, 0) is 16.0 Å². The number of anilines is 1. The van der Waals surface area contributed by atoms with Crippen molar-refractivity contribution in [1.82, 2.24) is 10.3 Å². The molecular weight excluding hydrogens is 354 g/mol. The topological polar surface area (TPSA) is 83.2 Å². The largest absolute Gasteiger partial charge is 0.497 e. The fourth-order valence-corrected chi connectivity index (χ4v) is 2.96. The first-order chi connectivity index (χ1) is 13.4. The highest BCUT2D eigenvalue weighted by molar-refractivity contribution is 6.09. The Morgan fingerprint density at radius 2 is 1.86 bits per heavy atom. The number of para-hydroxylation sites is 1. The van der Waals surface area contributed by atoms with Gasteiger partial charge in [-0.25, -0.2) is 0 Å². The minimum absolute atomic E-state index is 0.312. The van der Waals surface area contributed by atoms with Crippen LogP contribution in [-0.4, -0.2) is 30.5 Å². The van der Waals surface area contributed by atoms with Crippen molar-refractivity contribution in [3.8, 4) is 5.75 Å². The number of fused-ring (bicyclic) bond motifs is 1. The average molecular weight is 379 g/mol. The van der Waals surface area contributed by atoms with E-state index in [4.69, 9.17) is 4.74 Å². The molecule has 3 rings (SSSR count). The van der Waals surface area contributed by atoms with Gasteiger partial charge in [0.05, 0.1) is 7.11 Å². The number of benzene rings is 2. The predicted octanol–water partition coefficient (Wildman–Crippen LogP) is 3.50. The molecule has 0 saturated carbocycles. The number of carbonyl (C=O) groups is 2. The number of ether oxygens (including phenoxy) is 1. The smallest absolute Gasteiger partial charge is 0.239 e. The van der Waals surface area contributed by atoms with Gasteiger partial charge in [0.1, 0.15) is 11.2 Å². The van der Waals surface area contributed by atoms with Crippen LogP contribution in [0.3, 0.4) is 0 Å². The summed E-state index contributed by atoms with van der Waals surface area (Å²) in [6, 6.07) is 15.1. The standard InChI is InChI=1S/C22H25N3O3/c1-22(2,21(27)25-16-7-6-8-17(13-16)28-3)20(26)23-12-11-15-14-24-19-10-5-4-9-18(15)19/h4-10,13-14,24H,11-12H2,1-3H3,(H,23,26)(H,25,27). The van der Waals surface area contributed by atoms with E-state index in [9.17, 15) is 9.59 Å². The van der Waals surface area contributed by atoms with Crippen molar-refractivity contribution < 1.29 is 14.3 Å². The van der Waals surface area contributed by atoms with E-state index in [1.807, 2.05) is 24.4 Å². The minimum Gasteiger partial charge on any atom is -0.497 e. The number of amides is 2. The molecular formula is C22H25N3O3. The van der Waals surface area contributed by atoms with Crippen LogP contribution >= 0.6 is 0 Å². The molecule has 0 saturated heterocycles. The van der Waals surface area contributed by atoms with Gasteiger partial charge in [-0.05, 0) is 44.0 Å². The summed E-state index contributed by atoms with van der Waals surface area (Å²) in [4.78, 5) is 28.5. The summed E-state index contributed by atoms with van der Waals surface area (Å²) in [5, 5.41) is 6.80. The third-order valence-corrected chi connectivity index (χ3v) is 4.82. The highest BCUT2D eigenvalue weighted by atomic mass is 16.5. The monoisotopic (exact) mass is 379 g/mol. The second-order valence-corrected chi connectivity index (χ2v) is 7.18. The number of carbonyl (C=O) groups excluding carboxylic acids is 2. The van der Waals surface area contributed by atoms with E-state index >= 15 is 0 Å². The number of methoxy groups -OCH3 is 1. The van der Waals surface area contributed by atoms with Crippen molar-refractivity contribution in [3.63, 3.8) is 0 Å². The molecule has 0 aliphatic carbocycles. The molecule has 0 bridgehead atoms. The molecule has 0 spiro atoms. The van der Waals surface area contributed by atoms with Crippen LogP contribution in [0.1, 0.15) is 19.4 Å². The molecule has 6 nitrogen and oxygen atoms in total. The zero-order chi connectivity index (χ0) is 20.1. The van der Waals surface area contributed by atoms with Gasteiger partial charge in [-0.3, -0.25) is 9.59 Å². The molecule has 0 fully saturated rings. The number of aromatic nitrogens is 1. The van der Waals surface area contributed by atoms with E-state index in [0.717, 1.165) is 16.5 Å². The summed E-state index contributed by atoms with van der Waals surface area (Å²) in [6.45, 7) is 3.68. The first kappa shape index (κ1) is 19.5. The molecule has 3 N–H and O–H groups in total. The Bertz CT molecular complexity index is 991. The predicted molar refractivity (Wildman–Crippen MR) is 110 cm³/mol. The van der Waals surface area contributed by atoms with Crippen molar-refractivity contribution >= 4 is 28.4 Å². The second kappa shape index (κ2) is 8.17. The van der Waals surface area contributed by atoms with Gasteiger partial charge >= 0.3 is 0 Å². The van der Waals surface area contributed by atoms with Gasteiger partial charge in [0, 0.05) is 35.4 Å². The normalized spacial score (nSPS) is 11.2. The number of aromatic amines is 1. The molecule has 0 unspecified atom stereocenters. The lowest BCUT2D eigenvalue weighted by atomic mass is 9.90. The summed E-state index contributed by atoms with van der Waals surface area (Å²) in [5.41, 5.74) is 1.59. The molecule has 0 radical (unpaired) electrons. The van der Waals surface area contributed by atoms with Gasteiger partial charge in [0.25, 0.3) is 0 Å². The Morgan fingerprint density at radius 1 is 1.07 bits per heavy atom. The third kappa shape index (κ3) is 4.17. The number of hydrogen-bond acceptors (Lipinski definition) is 3. The lowest BCUT2D eigenvalue weighted by Gasteiger charge is -2.23. The number of rotatable bonds is 7. The van der Waals surface area contributed by atoms with E-state index in [0.29, 0.717) is 24.4 Å². The molecule has 0 aliphatic heterocycles.